The lowest BCUT2D eigenvalue weighted by molar-refractivity contribution is -0.172. The molecule has 1 unspecified atom stereocenters. The fourth-order valence-corrected chi connectivity index (χ4v) is 1.14. The third-order valence-electron chi connectivity index (χ3n) is 1.87. The number of morpholine rings is 1. The Bertz CT molecular complexity index is 164. The molecule has 70 valence electrons. The van der Waals surface area contributed by atoms with Gasteiger partial charge in [-0.05, 0) is 13.8 Å². The van der Waals surface area contributed by atoms with Gasteiger partial charge >= 0.3 is 5.97 Å². The molecule has 4 heteroatoms. The minimum absolute atomic E-state index is 0.280. The maximum Gasteiger partial charge on any atom is 0.339 e. The standard InChI is InChI=1S/C8H15NO3/c1-3-11-7(10)8(2)6-9-4-5-12-8/h9H,3-6H2,1-2H3. The van der Waals surface area contributed by atoms with Gasteiger partial charge in [0.1, 0.15) is 0 Å². The Morgan fingerprint density at radius 2 is 2.50 bits per heavy atom. The van der Waals surface area contributed by atoms with Crippen LogP contribution in [0, 0.1) is 0 Å². The first kappa shape index (κ1) is 9.48. The van der Waals surface area contributed by atoms with Crippen molar-refractivity contribution in [1.82, 2.24) is 5.32 Å². The predicted molar refractivity (Wildman–Crippen MR) is 43.9 cm³/mol. The third kappa shape index (κ3) is 1.95. The Morgan fingerprint density at radius 1 is 1.75 bits per heavy atom. The van der Waals surface area contributed by atoms with Gasteiger partial charge in [0, 0.05) is 13.1 Å². The number of hydrogen-bond donors (Lipinski definition) is 1. The third-order valence-corrected chi connectivity index (χ3v) is 1.87. The summed E-state index contributed by atoms with van der Waals surface area (Å²) in [5, 5.41) is 3.09. The van der Waals surface area contributed by atoms with Gasteiger partial charge in [-0.1, -0.05) is 0 Å². The zero-order valence-corrected chi connectivity index (χ0v) is 7.55. The Labute approximate surface area is 72.2 Å². The molecule has 0 bridgehead atoms. The van der Waals surface area contributed by atoms with Crippen molar-refractivity contribution in [2.45, 2.75) is 19.4 Å². The van der Waals surface area contributed by atoms with E-state index in [4.69, 9.17) is 9.47 Å². The zero-order valence-electron chi connectivity index (χ0n) is 7.55. The number of ether oxygens (including phenoxy) is 2. The van der Waals surface area contributed by atoms with E-state index in [1.165, 1.54) is 0 Å². The van der Waals surface area contributed by atoms with Gasteiger partial charge < -0.3 is 14.8 Å². The summed E-state index contributed by atoms with van der Waals surface area (Å²) in [6.45, 7) is 5.84. The van der Waals surface area contributed by atoms with Crippen molar-refractivity contribution in [3.63, 3.8) is 0 Å². The monoisotopic (exact) mass is 173 g/mol. The van der Waals surface area contributed by atoms with Crippen LogP contribution in [0.25, 0.3) is 0 Å². The second-order valence-electron chi connectivity index (χ2n) is 2.98. The Kier molecular flexibility index (Phi) is 3.05. The summed E-state index contributed by atoms with van der Waals surface area (Å²) in [6.07, 6.45) is 0. The molecule has 1 aliphatic rings. The quantitative estimate of drug-likeness (QED) is 0.594. The molecule has 1 N–H and O–H groups in total. The topological polar surface area (TPSA) is 47.6 Å². The average molecular weight is 173 g/mol. The van der Waals surface area contributed by atoms with Crippen molar-refractivity contribution in [2.75, 3.05) is 26.3 Å². The molecule has 1 heterocycles. The average Bonchev–Trinajstić information content (AvgIpc) is 2.06. The Morgan fingerprint density at radius 3 is 3.00 bits per heavy atom. The van der Waals surface area contributed by atoms with E-state index in [0.717, 1.165) is 6.54 Å². The summed E-state index contributed by atoms with van der Waals surface area (Å²) < 4.78 is 10.2. The van der Waals surface area contributed by atoms with Crippen LogP contribution in [0.5, 0.6) is 0 Å². The van der Waals surface area contributed by atoms with Crippen molar-refractivity contribution < 1.29 is 14.3 Å². The van der Waals surface area contributed by atoms with E-state index >= 15 is 0 Å². The highest BCUT2D eigenvalue weighted by Gasteiger charge is 2.37. The number of carbonyl (C=O) groups excluding carboxylic acids is 1. The molecule has 0 aliphatic carbocycles. The van der Waals surface area contributed by atoms with Crippen LogP contribution < -0.4 is 5.32 Å². The zero-order chi connectivity index (χ0) is 9.03. The van der Waals surface area contributed by atoms with Gasteiger partial charge in [0.2, 0.25) is 0 Å². The second kappa shape index (κ2) is 3.87. The lowest BCUT2D eigenvalue weighted by Gasteiger charge is -2.31. The summed E-state index contributed by atoms with van der Waals surface area (Å²) in [5.74, 6) is -0.280. The van der Waals surface area contributed by atoms with E-state index in [-0.39, 0.29) is 5.97 Å². The molecule has 1 fully saturated rings. The largest absolute Gasteiger partial charge is 0.464 e. The Balaban J connectivity index is 2.50. The van der Waals surface area contributed by atoms with E-state index in [1.54, 1.807) is 13.8 Å². The van der Waals surface area contributed by atoms with Gasteiger partial charge in [0.05, 0.1) is 13.2 Å². The highest BCUT2D eigenvalue weighted by molar-refractivity contribution is 5.79. The van der Waals surface area contributed by atoms with Crippen molar-refractivity contribution in [3.05, 3.63) is 0 Å². The summed E-state index contributed by atoms with van der Waals surface area (Å²) in [7, 11) is 0. The van der Waals surface area contributed by atoms with Gasteiger partial charge in [0.25, 0.3) is 0 Å². The summed E-state index contributed by atoms with van der Waals surface area (Å²) in [6, 6.07) is 0. The molecule has 0 aromatic carbocycles. The molecule has 0 saturated carbocycles. The minimum Gasteiger partial charge on any atom is -0.464 e. The lowest BCUT2D eigenvalue weighted by atomic mass is 10.1. The predicted octanol–water partition coefficient (Wildman–Crippen LogP) is -0.0720. The first-order valence-corrected chi connectivity index (χ1v) is 4.21. The molecule has 1 saturated heterocycles. The molecule has 1 aliphatic heterocycles. The van der Waals surface area contributed by atoms with Crippen LogP contribution in [-0.4, -0.2) is 37.9 Å². The number of esters is 1. The SMILES string of the molecule is CCOC(=O)C1(C)CNCCO1. The lowest BCUT2D eigenvalue weighted by Crippen LogP contribution is -2.53. The van der Waals surface area contributed by atoms with Crippen LogP contribution in [0.1, 0.15) is 13.8 Å². The molecule has 0 aromatic rings. The number of hydrogen-bond acceptors (Lipinski definition) is 4. The van der Waals surface area contributed by atoms with Crippen LogP contribution >= 0.6 is 0 Å². The van der Waals surface area contributed by atoms with Crippen molar-refractivity contribution in [1.29, 1.82) is 0 Å². The number of rotatable bonds is 2. The van der Waals surface area contributed by atoms with Crippen LogP contribution in [0.3, 0.4) is 0 Å². The van der Waals surface area contributed by atoms with E-state index in [9.17, 15) is 4.79 Å². The van der Waals surface area contributed by atoms with Crippen molar-refractivity contribution >= 4 is 5.97 Å². The molecule has 12 heavy (non-hydrogen) atoms. The van der Waals surface area contributed by atoms with Gasteiger partial charge in [-0.15, -0.1) is 0 Å². The molecule has 0 aromatic heterocycles. The maximum absolute atomic E-state index is 11.3. The molecule has 0 radical (unpaired) electrons. The minimum atomic E-state index is -0.783. The van der Waals surface area contributed by atoms with Crippen LogP contribution in [0.15, 0.2) is 0 Å². The molecule has 1 rings (SSSR count). The molecule has 0 spiro atoms. The fraction of sp³-hybridized carbons (Fsp3) is 0.875. The first-order valence-electron chi connectivity index (χ1n) is 4.21. The first-order chi connectivity index (χ1) is 5.69. The fourth-order valence-electron chi connectivity index (χ4n) is 1.14. The molecular weight excluding hydrogens is 158 g/mol. The normalized spacial score (nSPS) is 29.8. The highest BCUT2D eigenvalue weighted by atomic mass is 16.6. The maximum atomic E-state index is 11.3. The number of carbonyl (C=O) groups is 1. The van der Waals surface area contributed by atoms with E-state index in [0.29, 0.717) is 19.8 Å². The molecular formula is C8H15NO3. The van der Waals surface area contributed by atoms with Gasteiger partial charge in [0.15, 0.2) is 5.60 Å². The van der Waals surface area contributed by atoms with Crippen molar-refractivity contribution in [2.24, 2.45) is 0 Å². The highest BCUT2D eigenvalue weighted by Crippen LogP contribution is 2.13. The van der Waals surface area contributed by atoms with Gasteiger partial charge in [-0.25, -0.2) is 4.79 Å². The van der Waals surface area contributed by atoms with E-state index < -0.39 is 5.60 Å². The summed E-state index contributed by atoms with van der Waals surface area (Å²) in [4.78, 5) is 11.3. The second-order valence-corrected chi connectivity index (χ2v) is 2.98. The Hall–Kier alpha value is -0.610. The molecule has 0 amide bonds. The van der Waals surface area contributed by atoms with E-state index in [1.807, 2.05) is 0 Å². The number of nitrogens with one attached hydrogen (secondary N) is 1. The van der Waals surface area contributed by atoms with Crippen molar-refractivity contribution in [3.8, 4) is 0 Å². The van der Waals surface area contributed by atoms with Gasteiger partial charge in [-0.3, -0.25) is 0 Å². The van der Waals surface area contributed by atoms with Crippen LogP contribution in [0.2, 0.25) is 0 Å². The van der Waals surface area contributed by atoms with Crippen LogP contribution in [-0.2, 0) is 14.3 Å². The van der Waals surface area contributed by atoms with Crippen LogP contribution in [0.4, 0.5) is 0 Å². The van der Waals surface area contributed by atoms with Gasteiger partial charge in [-0.2, -0.15) is 0 Å². The summed E-state index contributed by atoms with van der Waals surface area (Å²) >= 11 is 0. The molecule has 1 atom stereocenters. The summed E-state index contributed by atoms with van der Waals surface area (Å²) in [5.41, 5.74) is -0.783. The smallest absolute Gasteiger partial charge is 0.339 e. The molecule has 4 nitrogen and oxygen atoms in total. The van der Waals surface area contributed by atoms with E-state index in [2.05, 4.69) is 5.32 Å².